The minimum atomic E-state index is -0.750. The molecular formula is C16H12Cl4N2O3. The van der Waals surface area contributed by atoms with Gasteiger partial charge in [0.05, 0.1) is 27.6 Å². The number of halogens is 4. The van der Waals surface area contributed by atoms with E-state index in [1.807, 2.05) is 13.0 Å². The van der Waals surface area contributed by atoms with Crippen LogP contribution in [0.25, 0.3) is 21.8 Å². The minimum Gasteiger partial charge on any atom is -0.494 e. The number of hydrogen-bond acceptors (Lipinski definition) is 4. The van der Waals surface area contributed by atoms with E-state index in [2.05, 4.69) is 4.98 Å². The van der Waals surface area contributed by atoms with Crippen molar-refractivity contribution in [3.05, 3.63) is 51.5 Å². The first-order chi connectivity index (χ1) is 11.8. The summed E-state index contributed by atoms with van der Waals surface area (Å²) in [5, 5.41) is 12.8. The molecule has 0 unspecified atom stereocenters. The van der Waals surface area contributed by atoms with E-state index < -0.39 is 9.22 Å². The molecule has 0 radical (unpaired) electrons. The van der Waals surface area contributed by atoms with Gasteiger partial charge in [0.1, 0.15) is 5.75 Å². The second-order valence-corrected chi connectivity index (χ2v) is 7.10. The zero-order valence-corrected chi connectivity index (χ0v) is 15.9. The summed E-state index contributed by atoms with van der Waals surface area (Å²) in [6.45, 7) is 2.47. The maximum atomic E-state index is 10.8. The van der Waals surface area contributed by atoms with Gasteiger partial charge in [-0.25, -0.2) is 4.98 Å². The van der Waals surface area contributed by atoms with Crippen molar-refractivity contribution in [2.24, 2.45) is 0 Å². The van der Waals surface area contributed by atoms with Crippen molar-refractivity contribution in [1.82, 2.24) is 4.98 Å². The first-order valence-corrected chi connectivity index (χ1v) is 8.74. The number of aromatic nitrogens is 1. The van der Waals surface area contributed by atoms with E-state index in [4.69, 9.17) is 51.1 Å². The smallest absolute Gasteiger partial charge is 0.271 e. The van der Waals surface area contributed by atoms with E-state index >= 15 is 0 Å². The first-order valence-electron chi connectivity index (χ1n) is 7.06. The molecule has 0 aliphatic rings. The number of hydrogen-bond donors (Lipinski definition) is 0. The molecule has 5 nitrogen and oxygen atoms in total. The van der Waals surface area contributed by atoms with Crippen molar-refractivity contribution in [2.45, 2.75) is 11.2 Å². The molecule has 0 fully saturated rings. The molecule has 2 aromatic carbocycles. The van der Waals surface area contributed by atoms with Crippen molar-refractivity contribution >= 4 is 73.9 Å². The van der Waals surface area contributed by atoms with Crippen LogP contribution in [0.1, 0.15) is 6.92 Å². The zero-order chi connectivity index (χ0) is 18.6. The Balaban J connectivity index is 0.000000511. The number of ether oxygens (including phenoxy) is 1. The SMILES string of the molecule is CCOc1ccc2nc3cc([N+](=O)[O-])ccc3c(Cl)c2c1.ClC(Cl)Cl. The highest BCUT2D eigenvalue weighted by Gasteiger charge is 2.12. The van der Waals surface area contributed by atoms with Crippen molar-refractivity contribution in [1.29, 1.82) is 0 Å². The maximum absolute atomic E-state index is 10.8. The zero-order valence-electron chi connectivity index (χ0n) is 12.9. The van der Waals surface area contributed by atoms with Crippen LogP contribution in [0.15, 0.2) is 36.4 Å². The summed E-state index contributed by atoms with van der Waals surface area (Å²) in [5.74, 6) is 0.718. The van der Waals surface area contributed by atoms with Gasteiger partial charge in [0.2, 0.25) is 0 Å². The number of rotatable bonds is 3. The van der Waals surface area contributed by atoms with Crippen LogP contribution < -0.4 is 4.74 Å². The summed E-state index contributed by atoms with van der Waals surface area (Å²) >= 11 is 20.8. The second-order valence-electron chi connectivity index (χ2n) is 4.74. The fraction of sp³-hybridized carbons (Fsp3) is 0.188. The van der Waals surface area contributed by atoms with Gasteiger partial charge in [-0.05, 0) is 31.2 Å². The van der Waals surface area contributed by atoms with Gasteiger partial charge in [0.15, 0.2) is 4.30 Å². The number of nitrogens with zero attached hydrogens (tertiary/aromatic N) is 2. The van der Waals surface area contributed by atoms with E-state index in [1.54, 1.807) is 18.2 Å². The molecule has 0 bridgehead atoms. The average Bonchev–Trinajstić information content (AvgIpc) is 2.55. The van der Waals surface area contributed by atoms with E-state index in [0.717, 1.165) is 11.1 Å². The fourth-order valence-corrected chi connectivity index (χ4v) is 2.54. The highest BCUT2D eigenvalue weighted by molar-refractivity contribution is 6.63. The molecule has 25 heavy (non-hydrogen) atoms. The standard InChI is InChI=1S/C15H11ClN2O3.CHCl3/c1-2-21-10-4-6-13-12(8-10)15(16)11-5-3-9(18(19)20)7-14(11)17-13;2-1(3)4/h3-8H,2H2,1H3;1H. The Bertz CT molecular complexity index is 916. The van der Waals surface area contributed by atoms with Crippen molar-refractivity contribution in [3.8, 4) is 5.75 Å². The van der Waals surface area contributed by atoms with Crippen LogP contribution in [0.5, 0.6) is 5.75 Å². The number of pyridine rings is 1. The van der Waals surface area contributed by atoms with E-state index in [9.17, 15) is 10.1 Å². The third-order valence-corrected chi connectivity index (χ3v) is 3.59. The topological polar surface area (TPSA) is 65.3 Å². The molecule has 1 aromatic heterocycles. The van der Waals surface area contributed by atoms with Gasteiger partial charge in [-0.15, -0.1) is 0 Å². The van der Waals surface area contributed by atoms with Gasteiger partial charge < -0.3 is 4.74 Å². The third-order valence-electron chi connectivity index (χ3n) is 3.18. The Kier molecular flexibility index (Phi) is 6.90. The molecule has 0 aliphatic carbocycles. The number of non-ortho nitro benzene ring substituents is 1. The quantitative estimate of drug-likeness (QED) is 0.214. The van der Waals surface area contributed by atoms with Crippen LogP contribution in [-0.2, 0) is 0 Å². The van der Waals surface area contributed by atoms with Gasteiger partial charge in [-0.3, -0.25) is 10.1 Å². The molecule has 0 atom stereocenters. The lowest BCUT2D eigenvalue weighted by Gasteiger charge is -2.08. The Morgan fingerprint density at radius 2 is 1.80 bits per heavy atom. The Labute approximate surface area is 163 Å². The van der Waals surface area contributed by atoms with Crippen LogP contribution in [0, 0.1) is 10.1 Å². The molecular weight excluding hydrogens is 410 g/mol. The lowest BCUT2D eigenvalue weighted by Crippen LogP contribution is -1.93. The first kappa shape index (κ1) is 19.8. The lowest BCUT2D eigenvalue weighted by atomic mass is 10.1. The van der Waals surface area contributed by atoms with E-state index in [1.165, 1.54) is 12.1 Å². The highest BCUT2D eigenvalue weighted by atomic mass is 35.6. The largest absolute Gasteiger partial charge is 0.494 e. The molecule has 0 spiro atoms. The predicted molar refractivity (Wildman–Crippen MR) is 103 cm³/mol. The van der Waals surface area contributed by atoms with Crippen molar-refractivity contribution in [3.63, 3.8) is 0 Å². The molecule has 0 N–H and O–H groups in total. The highest BCUT2D eigenvalue weighted by Crippen LogP contribution is 2.33. The number of alkyl halides is 3. The van der Waals surface area contributed by atoms with Gasteiger partial charge in [-0.1, -0.05) is 46.4 Å². The van der Waals surface area contributed by atoms with Crippen molar-refractivity contribution < 1.29 is 9.66 Å². The Morgan fingerprint density at radius 3 is 2.40 bits per heavy atom. The second kappa shape index (κ2) is 8.72. The van der Waals surface area contributed by atoms with Crippen LogP contribution in [-0.4, -0.2) is 20.8 Å². The Hall–Kier alpha value is -1.53. The van der Waals surface area contributed by atoms with Gasteiger partial charge in [0, 0.05) is 22.9 Å². The number of nitro benzene ring substituents is 1. The van der Waals surface area contributed by atoms with Crippen LogP contribution in [0.4, 0.5) is 5.69 Å². The number of fused-ring (bicyclic) bond motifs is 2. The third kappa shape index (κ3) is 4.98. The summed E-state index contributed by atoms with van der Waals surface area (Å²) in [7, 11) is 0. The maximum Gasteiger partial charge on any atom is 0.271 e. The molecule has 0 saturated carbocycles. The fourth-order valence-electron chi connectivity index (χ4n) is 2.23. The molecule has 1 heterocycles. The summed E-state index contributed by atoms with van der Waals surface area (Å²) in [5.41, 5.74) is 1.18. The average molecular weight is 422 g/mol. The van der Waals surface area contributed by atoms with E-state index in [0.29, 0.717) is 28.0 Å². The lowest BCUT2D eigenvalue weighted by molar-refractivity contribution is -0.384. The molecule has 0 amide bonds. The predicted octanol–water partition coefficient (Wildman–Crippen LogP) is 6.33. The minimum absolute atomic E-state index is 0.00338. The van der Waals surface area contributed by atoms with Gasteiger partial charge >= 0.3 is 0 Å². The molecule has 3 rings (SSSR count). The van der Waals surface area contributed by atoms with Crippen molar-refractivity contribution in [2.75, 3.05) is 6.61 Å². The Morgan fingerprint density at radius 1 is 1.12 bits per heavy atom. The molecule has 9 heteroatoms. The van der Waals surface area contributed by atoms with Crippen LogP contribution in [0.2, 0.25) is 5.02 Å². The van der Waals surface area contributed by atoms with Crippen LogP contribution in [0.3, 0.4) is 0 Å². The summed E-state index contributed by atoms with van der Waals surface area (Å²) in [6.07, 6.45) is 0. The van der Waals surface area contributed by atoms with Gasteiger partial charge in [-0.2, -0.15) is 0 Å². The number of benzene rings is 2. The molecule has 3 aromatic rings. The normalized spacial score (nSPS) is 10.6. The summed E-state index contributed by atoms with van der Waals surface area (Å²) in [6, 6.07) is 9.90. The van der Waals surface area contributed by atoms with E-state index in [-0.39, 0.29) is 5.69 Å². The molecule has 132 valence electrons. The summed E-state index contributed by atoms with van der Waals surface area (Å²) in [4.78, 5) is 14.8. The number of nitro groups is 1. The van der Waals surface area contributed by atoms with Crippen LogP contribution >= 0.6 is 46.4 Å². The summed E-state index contributed by atoms with van der Waals surface area (Å²) < 4.78 is 4.71. The van der Waals surface area contributed by atoms with Gasteiger partial charge in [0.25, 0.3) is 5.69 Å². The molecule has 0 aliphatic heterocycles. The molecule has 0 saturated heterocycles. The monoisotopic (exact) mass is 420 g/mol.